The Labute approximate surface area is 254 Å². The SMILES string of the molecule is CNCCOCCOCCNC(=O)c1cc(C(=O)NCCOCCOCCN)cc(C(=O)NCCOCCOCCN)c1. The minimum absolute atomic E-state index is 0.160. The average molecular weight is 615 g/mol. The van der Waals surface area contributed by atoms with Crippen molar-refractivity contribution in [2.45, 2.75) is 0 Å². The smallest absolute Gasteiger partial charge is 0.251 e. The zero-order valence-electron chi connectivity index (χ0n) is 25.3. The monoisotopic (exact) mass is 614 g/mol. The third-order valence-electron chi connectivity index (χ3n) is 5.45. The molecule has 1 aromatic rings. The van der Waals surface area contributed by atoms with Gasteiger partial charge in [0, 0.05) is 56.0 Å². The molecule has 0 heterocycles. The quantitative estimate of drug-likeness (QED) is 0.0573. The van der Waals surface area contributed by atoms with Crippen molar-refractivity contribution >= 4 is 17.7 Å². The summed E-state index contributed by atoms with van der Waals surface area (Å²) < 4.78 is 32.2. The zero-order valence-corrected chi connectivity index (χ0v) is 25.3. The number of nitrogens with two attached hydrogens (primary N) is 2. The zero-order chi connectivity index (χ0) is 31.4. The Morgan fingerprint density at radius 1 is 0.488 bits per heavy atom. The van der Waals surface area contributed by atoms with E-state index in [1.54, 1.807) is 0 Å². The number of nitrogens with one attached hydrogen (secondary N) is 4. The normalized spacial score (nSPS) is 11.0. The summed E-state index contributed by atoms with van der Waals surface area (Å²) in [6.07, 6.45) is 0. The van der Waals surface area contributed by atoms with Crippen LogP contribution in [0.4, 0.5) is 0 Å². The van der Waals surface area contributed by atoms with Crippen molar-refractivity contribution in [3.63, 3.8) is 0 Å². The summed E-state index contributed by atoms with van der Waals surface area (Å²) in [5.41, 5.74) is 11.2. The van der Waals surface area contributed by atoms with E-state index in [4.69, 9.17) is 39.9 Å². The molecule has 0 saturated heterocycles. The second-order valence-corrected chi connectivity index (χ2v) is 8.92. The summed E-state index contributed by atoms with van der Waals surface area (Å²) in [6, 6.07) is 4.30. The molecule has 0 aromatic heterocycles. The Bertz CT molecular complexity index is 844. The van der Waals surface area contributed by atoms with E-state index in [2.05, 4.69) is 21.3 Å². The first-order valence-corrected chi connectivity index (χ1v) is 14.5. The van der Waals surface area contributed by atoms with Crippen LogP contribution >= 0.6 is 0 Å². The topological polar surface area (TPSA) is 207 Å². The fourth-order valence-electron chi connectivity index (χ4n) is 3.34. The molecular formula is C28H50N6O9. The van der Waals surface area contributed by atoms with E-state index in [9.17, 15) is 14.4 Å². The van der Waals surface area contributed by atoms with Crippen LogP contribution in [0.1, 0.15) is 31.1 Å². The molecule has 246 valence electrons. The van der Waals surface area contributed by atoms with E-state index in [0.29, 0.717) is 72.6 Å². The molecule has 0 saturated carbocycles. The predicted octanol–water partition coefficient (Wildman–Crippen LogP) is -1.89. The summed E-state index contributed by atoms with van der Waals surface area (Å²) in [5, 5.41) is 11.2. The molecule has 0 aliphatic rings. The Morgan fingerprint density at radius 2 is 0.767 bits per heavy atom. The Hall–Kier alpha value is -2.73. The highest BCUT2D eigenvalue weighted by molar-refractivity contribution is 6.04. The van der Waals surface area contributed by atoms with Crippen LogP contribution in [0.25, 0.3) is 0 Å². The third kappa shape index (κ3) is 20.0. The van der Waals surface area contributed by atoms with Crippen LogP contribution in [-0.2, 0) is 28.4 Å². The highest BCUT2D eigenvalue weighted by Gasteiger charge is 2.16. The van der Waals surface area contributed by atoms with Gasteiger partial charge in [0.05, 0.1) is 79.3 Å². The lowest BCUT2D eigenvalue weighted by molar-refractivity contribution is 0.0497. The van der Waals surface area contributed by atoms with Crippen LogP contribution in [0, 0.1) is 0 Å². The van der Waals surface area contributed by atoms with E-state index in [1.165, 1.54) is 18.2 Å². The summed E-state index contributed by atoms with van der Waals surface area (Å²) in [6.45, 7) is 7.04. The molecule has 0 aliphatic carbocycles. The van der Waals surface area contributed by atoms with Gasteiger partial charge in [-0.3, -0.25) is 14.4 Å². The Morgan fingerprint density at radius 3 is 1.05 bits per heavy atom. The molecule has 15 nitrogen and oxygen atoms in total. The molecule has 8 N–H and O–H groups in total. The minimum Gasteiger partial charge on any atom is -0.378 e. The van der Waals surface area contributed by atoms with Gasteiger partial charge in [-0.2, -0.15) is 0 Å². The van der Waals surface area contributed by atoms with Gasteiger partial charge in [-0.05, 0) is 25.2 Å². The molecule has 0 atom stereocenters. The lowest BCUT2D eigenvalue weighted by Crippen LogP contribution is -2.31. The lowest BCUT2D eigenvalue weighted by atomic mass is 10.0. The molecule has 0 spiro atoms. The molecule has 0 radical (unpaired) electrons. The van der Waals surface area contributed by atoms with Crippen LogP contribution in [0.5, 0.6) is 0 Å². The molecule has 0 aliphatic heterocycles. The third-order valence-corrected chi connectivity index (χ3v) is 5.45. The first-order chi connectivity index (χ1) is 21.0. The van der Waals surface area contributed by atoms with Gasteiger partial charge < -0.3 is 61.2 Å². The molecular weight excluding hydrogens is 564 g/mol. The summed E-state index contributed by atoms with van der Waals surface area (Å²) in [5.74, 6) is -1.35. The first kappa shape index (κ1) is 38.3. The molecule has 0 unspecified atom stereocenters. The number of carbonyl (C=O) groups is 3. The van der Waals surface area contributed by atoms with Crippen LogP contribution in [0.15, 0.2) is 18.2 Å². The molecule has 0 bridgehead atoms. The predicted molar refractivity (Wildman–Crippen MR) is 160 cm³/mol. The van der Waals surface area contributed by atoms with Crippen molar-refractivity contribution < 1.29 is 42.8 Å². The Balaban J connectivity index is 2.66. The molecule has 0 fully saturated rings. The van der Waals surface area contributed by atoms with Crippen molar-refractivity contribution in [2.24, 2.45) is 11.5 Å². The van der Waals surface area contributed by atoms with Gasteiger partial charge in [-0.15, -0.1) is 0 Å². The van der Waals surface area contributed by atoms with Gasteiger partial charge in [0.2, 0.25) is 0 Å². The Kier molecular flexibility index (Phi) is 23.9. The van der Waals surface area contributed by atoms with Crippen LogP contribution in [0.3, 0.4) is 0 Å². The van der Waals surface area contributed by atoms with Crippen molar-refractivity contribution in [1.29, 1.82) is 0 Å². The second kappa shape index (κ2) is 26.9. The number of hydrogen-bond donors (Lipinski definition) is 6. The molecule has 43 heavy (non-hydrogen) atoms. The van der Waals surface area contributed by atoms with E-state index in [-0.39, 0.29) is 56.1 Å². The summed E-state index contributed by atoms with van der Waals surface area (Å²) in [7, 11) is 1.85. The van der Waals surface area contributed by atoms with Crippen molar-refractivity contribution in [2.75, 3.05) is 126 Å². The van der Waals surface area contributed by atoms with Gasteiger partial charge in [0.1, 0.15) is 0 Å². The minimum atomic E-state index is -0.450. The summed E-state index contributed by atoms with van der Waals surface area (Å²) in [4.78, 5) is 38.6. The number of hydrogen-bond acceptors (Lipinski definition) is 12. The maximum absolute atomic E-state index is 12.9. The highest BCUT2D eigenvalue weighted by atomic mass is 16.5. The average Bonchev–Trinajstić information content (AvgIpc) is 3.02. The largest absolute Gasteiger partial charge is 0.378 e. The van der Waals surface area contributed by atoms with Crippen LogP contribution in [0.2, 0.25) is 0 Å². The van der Waals surface area contributed by atoms with Gasteiger partial charge in [-0.25, -0.2) is 0 Å². The van der Waals surface area contributed by atoms with Gasteiger partial charge >= 0.3 is 0 Å². The molecule has 15 heteroatoms. The lowest BCUT2D eigenvalue weighted by Gasteiger charge is -2.12. The fourth-order valence-corrected chi connectivity index (χ4v) is 3.34. The maximum atomic E-state index is 12.9. The molecule has 1 aromatic carbocycles. The second-order valence-electron chi connectivity index (χ2n) is 8.92. The van der Waals surface area contributed by atoms with Crippen molar-refractivity contribution in [3.05, 3.63) is 34.9 Å². The summed E-state index contributed by atoms with van der Waals surface area (Å²) >= 11 is 0. The number of amides is 3. The van der Waals surface area contributed by atoms with E-state index in [0.717, 1.165) is 6.54 Å². The van der Waals surface area contributed by atoms with E-state index >= 15 is 0 Å². The standard InChI is InChI=1S/C28H50N6O9/c1-31-4-10-40-18-19-43-13-7-34-28(37)25-21-23(26(35)32-5-11-41-16-14-38-8-2-29)20-24(22-25)27(36)33-6-12-42-17-15-39-9-3-30/h20-22,31H,2-19,29-30H2,1H3,(H,32,35)(H,33,36)(H,34,37). The van der Waals surface area contributed by atoms with Crippen molar-refractivity contribution in [3.8, 4) is 0 Å². The fraction of sp³-hybridized carbons (Fsp3) is 0.679. The number of rotatable bonds is 28. The van der Waals surface area contributed by atoms with Gasteiger partial charge in [0.15, 0.2) is 0 Å². The van der Waals surface area contributed by atoms with Crippen molar-refractivity contribution in [1.82, 2.24) is 21.3 Å². The highest BCUT2D eigenvalue weighted by Crippen LogP contribution is 2.11. The van der Waals surface area contributed by atoms with Gasteiger partial charge in [0.25, 0.3) is 17.7 Å². The number of ether oxygens (including phenoxy) is 6. The van der Waals surface area contributed by atoms with Crippen LogP contribution in [-0.4, -0.2) is 143 Å². The molecule has 1 rings (SSSR count). The number of carbonyl (C=O) groups excluding carboxylic acids is 3. The van der Waals surface area contributed by atoms with Gasteiger partial charge in [-0.1, -0.05) is 0 Å². The van der Waals surface area contributed by atoms with E-state index < -0.39 is 17.7 Å². The molecule has 3 amide bonds. The first-order valence-electron chi connectivity index (χ1n) is 14.5. The number of benzene rings is 1. The van der Waals surface area contributed by atoms with Crippen LogP contribution < -0.4 is 32.7 Å². The number of likely N-dealkylation sites (N-methyl/N-ethyl adjacent to an activating group) is 1. The van der Waals surface area contributed by atoms with E-state index in [1.807, 2.05) is 7.05 Å². The maximum Gasteiger partial charge on any atom is 0.251 e.